The molecule has 3 aromatic rings. The lowest BCUT2D eigenvalue weighted by Crippen LogP contribution is -2.50. The number of halogens is 1. The maximum absolute atomic E-state index is 13.0. The van der Waals surface area contributed by atoms with Crippen LogP contribution >= 0.6 is 0 Å². The van der Waals surface area contributed by atoms with Gasteiger partial charge in [-0.2, -0.15) is 4.98 Å². The van der Waals surface area contributed by atoms with Gasteiger partial charge in [-0.05, 0) is 49.2 Å². The van der Waals surface area contributed by atoms with Crippen LogP contribution in [0.5, 0.6) is 5.75 Å². The fourth-order valence-corrected chi connectivity index (χ4v) is 4.35. The molecule has 2 fully saturated rings. The van der Waals surface area contributed by atoms with E-state index in [0.29, 0.717) is 43.7 Å². The van der Waals surface area contributed by atoms with Crippen LogP contribution in [0.1, 0.15) is 37.5 Å². The number of piperazine rings is 1. The SMILES string of the molecule is O=C(COc1ccc(F)cc1)N1CCN(c2ccc(-c3noc(C4CCCC4)n3)cn2)CC1. The molecule has 1 aromatic carbocycles. The molecule has 0 radical (unpaired) electrons. The molecule has 5 rings (SSSR count). The van der Waals surface area contributed by atoms with Crippen LogP contribution in [0.4, 0.5) is 10.2 Å². The van der Waals surface area contributed by atoms with Gasteiger partial charge in [0.15, 0.2) is 6.61 Å². The number of hydrogen-bond donors (Lipinski definition) is 0. The fraction of sp³-hybridized carbons (Fsp3) is 0.417. The van der Waals surface area contributed by atoms with Crippen molar-refractivity contribution in [3.63, 3.8) is 0 Å². The Labute approximate surface area is 191 Å². The predicted molar refractivity (Wildman–Crippen MR) is 119 cm³/mol. The molecule has 1 aliphatic carbocycles. The van der Waals surface area contributed by atoms with Crippen molar-refractivity contribution in [1.82, 2.24) is 20.0 Å². The van der Waals surface area contributed by atoms with Crippen molar-refractivity contribution < 1.29 is 18.4 Å². The first-order valence-corrected chi connectivity index (χ1v) is 11.4. The number of amides is 1. The number of benzene rings is 1. The molecular formula is C24H26FN5O3. The van der Waals surface area contributed by atoms with Crippen LogP contribution in [0.15, 0.2) is 47.1 Å². The van der Waals surface area contributed by atoms with Crippen molar-refractivity contribution in [3.8, 4) is 17.1 Å². The van der Waals surface area contributed by atoms with Crippen LogP contribution in [0.2, 0.25) is 0 Å². The fourth-order valence-electron chi connectivity index (χ4n) is 4.35. The second-order valence-corrected chi connectivity index (χ2v) is 8.45. The maximum atomic E-state index is 13.0. The Morgan fingerprint density at radius 2 is 1.82 bits per heavy atom. The van der Waals surface area contributed by atoms with Gasteiger partial charge in [-0.1, -0.05) is 18.0 Å². The molecule has 33 heavy (non-hydrogen) atoms. The molecule has 3 heterocycles. The molecule has 172 valence electrons. The molecule has 1 amide bonds. The van der Waals surface area contributed by atoms with Crippen molar-refractivity contribution in [1.29, 1.82) is 0 Å². The lowest BCUT2D eigenvalue weighted by Gasteiger charge is -2.35. The molecule has 9 heteroatoms. The average Bonchev–Trinajstić information content (AvgIpc) is 3.56. The Morgan fingerprint density at radius 3 is 2.52 bits per heavy atom. The second kappa shape index (κ2) is 9.56. The number of hydrogen-bond acceptors (Lipinski definition) is 7. The molecule has 2 aliphatic rings. The molecule has 1 aliphatic heterocycles. The first kappa shape index (κ1) is 21.4. The highest BCUT2D eigenvalue weighted by atomic mass is 19.1. The van der Waals surface area contributed by atoms with E-state index in [1.54, 1.807) is 11.1 Å². The van der Waals surface area contributed by atoms with E-state index in [1.807, 2.05) is 12.1 Å². The summed E-state index contributed by atoms with van der Waals surface area (Å²) in [6.07, 6.45) is 6.45. The Morgan fingerprint density at radius 1 is 1.06 bits per heavy atom. The van der Waals surface area contributed by atoms with E-state index < -0.39 is 0 Å². The highest BCUT2D eigenvalue weighted by Gasteiger charge is 2.24. The van der Waals surface area contributed by atoms with Crippen molar-refractivity contribution in [3.05, 3.63) is 54.3 Å². The lowest BCUT2D eigenvalue weighted by atomic mass is 10.1. The summed E-state index contributed by atoms with van der Waals surface area (Å²) < 4.78 is 23.9. The minimum atomic E-state index is -0.336. The average molecular weight is 452 g/mol. The Kier molecular flexibility index (Phi) is 6.19. The molecule has 1 saturated carbocycles. The van der Waals surface area contributed by atoms with Gasteiger partial charge < -0.3 is 19.1 Å². The van der Waals surface area contributed by atoms with Crippen molar-refractivity contribution >= 4 is 11.7 Å². The van der Waals surface area contributed by atoms with E-state index in [4.69, 9.17) is 9.26 Å². The van der Waals surface area contributed by atoms with Crippen LogP contribution in [0.25, 0.3) is 11.4 Å². The lowest BCUT2D eigenvalue weighted by molar-refractivity contribution is -0.133. The van der Waals surface area contributed by atoms with Gasteiger partial charge in [0.25, 0.3) is 5.91 Å². The number of rotatable bonds is 6. The second-order valence-electron chi connectivity index (χ2n) is 8.45. The quantitative estimate of drug-likeness (QED) is 0.566. The van der Waals surface area contributed by atoms with Gasteiger partial charge in [0.2, 0.25) is 11.7 Å². The highest BCUT2D eigenvalue weighted by molar-refractivity contribution is 5.78. The number of carbonyl (C=O) groups is 1. The van der Waals surface area contributed by atoms with Crippen molar-refractivity contribution in [2.24, 2.45) is 0 Å². The standard InChI is InChI=1S/C24H26FN5O3/c25-19-6-8-20(9-7-19)32-16-22(31)30-13-11-29(12-14-30)21-10-5-18(15-26-21)23-27-24(33-28-23)17-3-1-2-4-17/h5-10,15,17H,1-4,11-14,16H2. The summed E-state index contributed by atoms with van der Waals surface area (Å²) in [6, 6.07) is 9.56. The summed E-state index contributed by atoms with van der Waals surface area (Å²) in [6.45, 7) is 2.48. The third-order valence-electron chi connectivity index (χ3n) is 6.28. The third-order valence-corrected chi connectivity index (χ3v) is 6.28. The first-order chi connectivity index (χ1) is 16.2. The minimum Gasteiger partial charge on any atom is -0.484 e. The molecule has 0 bridgehead atoms. The summed E-state index contributed by atoms with van der Waals surface area (Å²) in [5, 5.41) is 4.13. The molecule has 2 aromatic heterocycles. The smallest absolute Gasteiger partial charge is 0.260 e. The minimum absolute atomic E-state index is 0.0634. The van der Waals surface area contributed by atoms with Gasteiger partial charge in [0, 0.05) is 43.9 Å². The molecule has 8 nitrogen and oxygen atoms in total. The van der Waals surface area contributed by atoms with Crippen molar-refractivity contribution in [2.75, 3.05) is 37.7 Å². The predicted octanol–water partition coefficient (Wildman–Crippen LogP) is 3.66. The van der Waals surface area contributed by atoms with E-state index in [-0.39, 0.29) is 18.3 Å². The topological polar surface area (TPSA) is 84.6 Å². The normalized spacial score (nSPS) is 16.9. The summed E-state index contributed by atoms with van der Waals surface area (Å²) in [5.41, 5.74) is 0.832. The zero-order valence-electron chi connectivity index (χ0n) is 18.3. The summed E-state index contributed by atoms with van der Waals surface area (Å²) in [7, 11) is 0. The van der Waals surface area contributed by atoms with E-state index in [2.05, 4.69) is 20.0 Å². The van der Waals surface area contributed by atoms with E-state index in [9.17, 15) is 9.18 Å². The maximum Gasteiger partial charge on any atom is 0.260 e. The molecule has 1 saturated heterocycles. The van der Waals surface area contributed by atoms with Gasteiger partial charge in [-0.15, -0.1) is 0 Å². The number of anilines is 1. The van der Waals surface area contributed by atoms with Gasteiger partial charge >= 0.3 is 0 Å². The van der Waals surface area contributed by atoms with Crippen LogP contribution in [0.3, 0.4) is 0 Å². The monoisotopic (exact) mass is 451 g/mol. The molecule has 0 unspecified atom stereocenters. The highest BCUT2D eigenvalue weighted by Crippen LogP contribution is 2.33. The van der Waals surface area contributed by atoms with Gasteiger partial charge in [-0.25, -0.2) is 9.37 Å². The van der Waals surface area contributed by atoms with Crippen LogP contribution in [-0.2, 0) is 4.79 Å². The zero-order valence-corrected chi connectivity index (χ0v) is 18.3. The number of ether oxygens (including phenoxy) is 1. The van der Waals surface area contributed by atoms with Crippen molar-refractivity contribution in [2.45, 2.75) is 31.6 Å². The van der Waals surface area contributed by atoms with Crippen LogP contribution < -0.4 is 9.64 Å². The number of nitrogens with zero attached hydrogens (tertiary/aromatic N) is 5. The number of carbonyl (C=O) groups excluding carboxylic acids is 1. The molecule has 0 spiro atoms. The van der Waals surface area contributed by atoms with Gasteiger partial charge in [0.1, 0.15) is 17.4 Å². The van der Waals surface area contributed by atoms with Crippen LogP contribution in [0, 0.1) is 5.82 Å². The first-order valence-electron chi connectivity index (χ1n) is 11.4. The van der Waals surface area contributed by atoms with Gasteiger partial charge in [0.05, 0.1) is 0 Å². The summed E-state index contributed by atoms with van der Waals surface area (Å²) in [4.78, 5) is 25.5. The summed E-state index contributed by atoms with van der Waals surface area (Å²) >= 11 is 0. The van der Waals surface area contributed by atoms with Gasteiger partial charge in [-0.3, -0.25) is 4.79 Å². The third kappa shape index (κ3) is 4.97. The Bertz CT molecular complexity index is 1070. The van der Waals surface area contributed by atoms with Crippen LogP contribution in [-0.4, -0.2) is 58.7 Å². The zero-order chi connectivity index (χ0) is 22.6. The molecular weight excluding hydrogens is 425 g/mol. The molecule has 0 N–H and O–H groups in total. The van der Waals surface area contributed by atoms with E-state index in [0.717, 1.165) is 30.1 Å². The summed E-state index contributed by atoms with van der Waals surface area (Å²) in [5.74, 6) is 2.61. The number of pyridine rings is 1. The Hall–Kier alpha value is -3.49. The number of aromatic nitrogens is 3. The van der Waals surface area contributed by atoms with E-state index in [1.165, 1.54) is 37.1 Å². The van der Waals surface area contributed by atoms with E-state index >= 15 is 0 Å². The largest absolute Gasteiger partial charge is 0.484 e. The Balaban J connectivity index is 1.12. The molecule has 0 atom stereocenters.